The molecule has 6 nitrogen and oxygen atoms in total. The highest BCUT2D eigenvalue weighted by atomic mass is 32.2. The molecule has 0 bridgehead atoms. The van der Waals surface area contributed by atoms with Crippen molar-refractivity contribution in [3.8, 4) is 0 Å². The number of carbonyl (C=O) groups excluding carboxylic acids is 2. The Bertz CT molecular complexity index is 1420. The number of amides is 2. The number of carbonyl (C=O) groups is 3. The lowest BCUT2D eigenvalue weighted by Gasteiger charge is -2.14. The van der Waals surface area contributed by atoms with Gasteiger partial charge in [0.15, 0.2) is 0 Å². The quantitative estimate of drug-likeness (QED) is 0.275. The van der Waals surface area contributed by atoms with Crippen LogP contribution in [0.4, 0.5) is 15.8 Å². The lowest BCUT2D eigenvalue weighted by Crippen LogP contribution is -2.22. The fraction of sp³-hybridized carbons (Fsp3) is 0.0741. The van der Waals surface area contributed by atoms with Crippen molar-refractivity contribution in [3.05, 3.63) is 102 Å². The van der Waals surface area contributed by atoms with Gasteiger partial charge in [0.05, 0.1) is 10.8 Å². The van der Waals surface area contributed by atoms with Gasteiger partial charge in [0.1, 0.15) is 5.82 Å². The van der Waals surface area contributed by atoms with Gasteiger partial charge < -0.3 is 15.7 Å². The molecule has 176 valence electrons. The highest BCUT2D eigenvalue weighted by molar-refractivity contribution is 8.00. The molecule has 0 spiro atoms. The molecular formula is C27H21FN2O4S. The first-order valence-corrected chi connectivity index (χ1v) is 11.6. The van der Waals surface area contributed by atoms with E-state index in [2.05, 4.69) is 10.6 Å². The van der Waals surface area contributed by atoms with Crippen LogP contribution in [0, 0.1) is 5.82 Å². The Morgan fingerprint density at radius 2 is 1.49 bits per heavy atom. The van der Waals surface area contributed by atoms with E-state index < -0.39 is 17.1 Å². The summed E-state index contributed by atoms with van der Waals surface area (Å²) in [6, 6.07) is 22.5. The summed E-state index contributed by atoms with van der Waals surface area (Å²) in [5.41, 5.74) is 1.32. The maximum atomic E-state index is 13.1. The van der Waals surface area contributed by atoms with Crippen LogP contribution >= 0.6 is 11.8 Å². The third-order valence-corrected chi connectivity index (χ3v) is 6.36. The van der Waals surface area contributed by atoms with Crippen molar-refractivity contribution >= 4 is 51.7 Å². The van der Waals surface area contributed by atoms with Gasteiger partial charge in [0.2, 0.25) is 5.91 Å². The van der Waals surface area contributed by atoms with Gasteiger partial charge in [-0.05, 0) is 66.9 Å². The number of aromatic carboxylic acids is 1. The summed E-state index contributed by atoms with van der Waals surface area (Å²) in [5.74, 6) is -2.17. The zero-order chi connectivity index (χ0) is 24.9. The largest absolute Gasteiger partial charge is 0.478 e. The van der Waals surface area contributed by atoms with Crippen molar-refractivity contribution < 1.29 is 23.9 Å². The fourth-order valence-corrected chi connectivity index (χ4v) is 4.52. The van der Waals surface area contributed by atoms with Gasteiger partial charge in [-0.2, -0.15) is 0 Å². The Balaban J connectivity index is 1.49. The minimum atomic E-state index is -1.11. The van der Waals surface area contributed by atoms with Gasteiger partial charge in [0.25, 0.3) is 5.91 Å². The van der Waals surface area contributed by atoms with Crippen molar-refractivity contribution in [1.82, 2.24) is 0 Å². The van der Waals surface area contributed by atoms with Crippen molar-refractivity contribution in [2.24, 2.45) is 0 Å². The zero-order valence-corrected chi connectivity index (χ0v) is 19.4. The average molecular weight is 489 g/mol. The second-order valence-corrected chi connectivity index (χ2v) is 9.17. The van der Waals surface area contributed by atoms with Crippen molar-refractivity contribution in [1.29, 1.82) is 0 Å². The number of benzene rings is 4. The third-order valence-electron chi connectivity index (χ3n) is 5.27. The molecule has 8 heteroatoms. The molecule has 4 rings (SSSR count). The van der Waals surface area contributed by atoms with E-state index in [4.69, 9.17) is 0 Å². The fourth-order valence-electron chi connectivity index (χ4n) is 3.59. The third kappa shape index (κ3) is 5.67. The van der Waals surface area contributed by atoms with E-state index in [0.717, 1.165) is 4.90 Å². The summed E-state index contributed by atoms with van der Waals surface area (Å²) in [5, 5.41) is 15.7. The molecule has 2 amide bonds. The van der Waals surface area contributed by atoms with Crippen LogP contribution in [-0.2, 0) is 4.79 Å². The molecule has 3 N–H and O–H groups in total. The number of hydrogen-bond acceptors (Lipinski definition) is 4. The molecule has 0 saturated carbocycles. The van der Waals surface area contributed by atoms with E-state index >= 15 is 0 Å². The van der Waals surface area contributed by atoms with E-state index in [9.17, 15) is 23.9 Å². The maximum Gasteiger partial charge on any atom is 0.336 e. The molecule has 0 heterocycles. The molecular weight excluding hydrogens is 467 g/mol. The molecule has 0 aliphatic heterocycles. The number of carboxylic acids is 1. The predicted octanol–water partition coefficient (Wildman–Crippen LogP) is 6.05. The Morgan fingerprint density at radius 3 is 2.17 bits per heavy atom. The molecule has 0 radical (unpaired) electrons. The summed E-state index contributed by atoms with van der Waals surface area (Å²) < 4.78 is 13.1. The summed E-state index contributed by atoms with van der Waals surface area (Å²) in [6.07, 6.45) is 0. The monoisotopic (exact) mass is 488 g/mol. The van der Waals surface area contributed by atoms with Crippen LogP contribution in [0.2, 0.25) is 0 Å². The Kier molecular flexibility index (Phi) is 7.12. The summed E-state index contributed by atoms with van der Waals surface area (Å²) in [7, 11) is 0. The first kappa shape index (κ1) is 24.0. The van der Waals surface area contributed by atoms with Crippen molar-refractivity contribution in [2.45, 2.75) is 17.1 Å². The van der Waals surface area contributed by atoms with E-state index in [-0.39, 0.29) is 22.9 Å². The minimum Gasteiger partial charge on any atom is -0.478 e. The predicted molar refractivity (Wildman–Crippen MR) is 136 cm³/mol. The molecule has 4 aromatic rings. The first-order valence-electron chi connectivity index (χ1n) is 10.7. The van der Waals surface area contributed by atoms with Gasteiger partial charge in [-0.15, -0.1) is 11.8 Å². The first-order chi connectivity index (χ1) is 16.8. The van der Waals surface area contributed by atoms with Gasteiger partial charge >= 0.3 is 5.97 Å². The molecule has 4 aromatic carbocycles. The number of carboxylic acid groups (broad SMARTS) is 1. The van der Waals surface area contributed by atoms with Crippen LogP contribution in [0.3, 0.4) is 0 Å². The van der Waals surface area contributed by atoms with Gasteiger partial charge in [-0.1, -0.05) is 30.3 Å². The number of nitrogens with one attached hydrogen (secondary N) is 2. The SMILES string of the molecule is CC(Sc1cccc(NC(=O)c2cccc3cccc(C(=O)O)c23)c1)C(=O)Nc1ccc(F)cc1. The number of rotatable bonds is 7. The standard InChI is InChI=1S/C27H21FN2O4S/c1-16(25(31)29-19-13-11-18(28)12-14-19)35-21-8-4-7-20(15-21)30-26(32)22-9-2-5-17-6-3-10-23(24(17)22)27(33)34/h2-16H,1H3,(H,29,31)(H,30,32)(H,33,34). The second-order valence-electron chi connectivity index (χ2n) is 7.75. The molecule has 1 atom stereocenters. The second kappa shape index (κ2) is 10.4. The maximum absolute atomic E-state index is 13.1. The molecule has 0 fully saturated rings. The molecule has 0 aromatic heterocycles. The van der Waals surface area contributed by atoms with Crippen LogP contribution in [0.25, 0.3) is 10.8 Å². The van der Waals surface area contributed by atoms with Crippen LogP contribution < -0.4 is 10.6 Å². The number of anilines is 2. The zero-order valence-electron chi connectivity index (χ0n) is 18.6. The molecule has 35 heavy (non-hydrogen) atoms. The average Bonchev–Trinajstić information content (AvgIpc) is 2.84. The van der Waals surface area contributed by atoms with Crippen LogP contribution in [0.5, 0.6) is 0 Å². The van der Waals surface area contributed by atoms with Crippen molar-refractivity contribution in [3.63, 3.8) is 0 Å². The van der Waals surface area contributed by atoms with Crippen LogP contribution in [0.15, 0.2) is 89.8 Å². The van der Waals surface area contributed by atoms with Crippen LogP contribution in [0.1, 0.15) is 27.6 Å². The molecule has 0 saturated heterocycles. The van der Waals surface area contributed by atoms with Crippen molar-refractivity contribution in [2.75, 3.05) is 10.6 Å². The van der Waals surface area contributed by atoms with Gasteiger partial charge in [0, 0.05) is 27.2 Å². The number of hydrogen-bond donors (Lipinski definition) is 3. The molecule has 1 unspecified atom stereocenters. The summed E-state index contributed by atoms with van der Waals surface area (Å²) in [4.78, 5) is 38.0. The highest BCUT2D eigenvalue weighted by Gasteiger charge is 2.18. The lowest BCUT2D eigenvalue weighted by atomic mass is 9.98. The van der Waals surface area contributed by atoms with Gasteiger partial charge in [-0.25, -0.2) is 9.18 Å². The Labute approximate surface area is 205 Å². The summed E-state index contributed by atoms with van der Waals surface area (Å²) >= 11 is 1.30. The molecule has 0 aliphatic rings. The smallest absolute Gasteiger partial charge is 0.336 e. The number of halogens is 1. The van der Waals surface area contributed by atoms with Crippen LogP contribution in [-0.4, -0.2) is 28.1 Å². The van der Waals surface area contributed by atoms with E-state index in [1.165, 1.54) is 42.1 Å². The summed E-state index contributed by atoms with van der Waals surface area (Å²) in [6.45, 7) is 1.75. The van der Waals surface area contributed by atoms with E-state index in [0.29, 0.717) is 22.1 Å². The Morgan fingerprint density at radius 1 is 0.829 bits per heavy atom. The molecule has 0 aliphatic carbocycles. The minimum absolute atomic E-state index is 0.0542. The number of fused-ring (bicyclic) bond motifs is 1. The van der Waals surface area contributed by atoms with E-state index in [1.807, 2.05) is 6.07 Å². The number of thioether (sulfide) groups is 1. The normalized spacial score (nSPS) is 11.6. The topological polar surface area (TPSA) is 95.5 Å². The van der Waals surface area contributed by atoms with E-state index in [1.54, 1.807) is 55.5 Å². The lowest BCUT2D eigenvalue weighted by molar-refractivity contribution is -0.115. The Hall–Kier alpha value is -4.17. The highest BCUT2D eigenvalue weighted by Crippen LogP contribution is 2.28. The van der Waals surface area contributed by atoms with Gasteiger partial charge in [-0.3, -0.25) is 9.59 Å².